The average Bonchev–Trinajstić information content (AvgIpc) is 2.79. The molecule has 0 heterocycles. The fourth-order valence-corrected chi connectivity index (χ4v) is 7.36. The Hall–Kier alpha value is -0.590. The van der Waals surface area contributed by atoms with Crippen molar-refractivity contribution < 1.29 is 4.79 Å². The highest BCUT2D eigenvalue weighted by molar-refractivity contribution is 6.03. The molecule has 0 aromatic rings. The lowest BCUT2D eigenvalue weighted by Gasteiger charge is -2.59. The average molecular weight is 315 g/mol. The Bertz CT molecular complexity index is 554. The van der Waals surface area contributed by atoms with Gasteiger partial charge in [0.05, 0.1) is 0 Å². The summed E-state index contributed by atoms with van der Waals surface area (Å²) in [5.74, 6) is 3.83. The first-order valence-electron chi connectivity index (χ1n) is 10.1. The summed E-state index contributed by atoms with van der Waals surface area (Å²) in [5.41, 5.74) is 3.01. The number of allylic oxidation sites excluding steroid dienone is 2. The van der Waals surface area contributed by atoms with E-state index in [0.29, 0.717) is 17.1 Å². The highest BCUT2D eigenvalue weighted by Crippen LogP contribution is 2.66. The van der Waals surface area contributed by atoms with Gasteiger partial charge in [0.15, 0.2) is 5.78 Å². The molecule has 23 heavy (non-hydrogen) atoms. The van der Waals surface area contributed by atoms with Crippen molar-refractivity contribution in [2.24, 2.45) is 34.5 Å². The van der Waals surface area contributed by atoms with Gasteiger partial charge in [-0.25, -0.2) is 0 Å². The number of carbonyl (C=O) groups is 1. The van der Waals surface area contributed by atoms with Crippen molar-refractivity contribution in [1.82, 2.24) is 0 Å². The van der Waals surface area contributed by atoms with E-state index in [2.05, 4.69) is 27.7 Å². The quantitative estimate of drug-likeness (QED) is 0.506. The fourth-order valence-electron chi connectivity index (χ4n) is 7.36. The van der Waals surface area contributed by atoms with E-state index in [1.54, 1.807) is 0 Å². The molecule has 0 spiro atoms. The molecule has 0 saturated heterocycles. The number of Topliss-reactive ketones (excluding diaryl/α,β-unsaturated/α-hetero) is 1. The van der Waals surface area contributed by atoms with Crippen LogP contribution in [0.2, 0.25) is 0 Å². The fraction of sp³-hybridized carbons (Fsp3) is 0.864. The minimum absolute atomic E-state index is 0.0361. The Morgan fingerprint density at radius 1 is 0.957 bits per heavy atom. The first kappa shape index (κ1) is 15.9. The standard InChI is InChI=1S/C22H34O/c1-14(2)17-13-19-16-9-8-15-7-5-6-11-21(15,3)18(16)10-12-22(19,4)20(17)23/h15-16,18-19H,5-13H2,1-4H3. The molecule has 1 heteroatoms. The van der Waals surface area contributed by atoms with E-state index in [1.807, 2.05) is 0 Å². The molecule has 0 bridgehead atoms. The van der Waals surface area contributed by atoms with Crippen LogP contribution in [0.1, 0.15) is 85.5 Å². The van der Waals surface area contributed by atoms with Gasteiger partial charge in [0.1, 0.15) is 0 Å². The zero-order valence-corrected chi connectivity index (χ0v) is 15.6. The molecule has 4 fully saturated rings. The van der Waals surface area contributed by atoms with Gasteiger partial charge in [-0.2, -0.15) is 0 Å². The van der Waals surface area contributed by atoms with E-state index < -0.39 is 0 Å². The van der Waals surface area contributed by atoms with Crippen LogP contribution < -0.4 is 0 Å². The molecule has 4 aliphatic rings. The van der Waals surface area contributed by atoms with Crippen molar-refractivity contribution in [2.45, 2.75) is 85.5 Å². The van der Waals surface area contributed by atoms with Crippen LogP contribution in [0.4, 0.5) is 0 Å². The van der Waals surface area contributed by atoms with Gasteiger partial charge in [0.2, 0.25) is 0 Å². The maximum Gasteiger partial charge on any atom is 0.164 e. The molecule has 4 aliphatic carbocycles. The highest BCUT2D eigenvalue weighted by Gasteiger charge is 2.60. The SMILES string of the molecule is CC(C)=C1CC2C3CCC4CCCCC4(C)C3CCC2(C)C1=O. The van der Waals surface area contributed by atoms with E-state index >= 15 is 0 Å². The summed E-state index contributed by atoms with van der Waals surface area (Å²) in [7, 11) is 0. The second kappa shape index (κ2) is 5.20. The smallest absolute Gasteiger partial charge is 0.164 e. The predicted molar refractivity (Wildman–Crippen MR) is 95.1 cm³/mol. The monoisotopic (exact) mass is 314 g/mol. The second-order valence-electron chi connectivity index (χ2n) is 9.87. The Morgan fingerprint density at radius 3 is 2.48 bits per heavy atom. The topological polar surface area (TPSA) is 17.1 Å². The second-order valence-corrected chi connectivity index (χ2v) is 9.87. The molecule has 4 saturated carbocycles. The van der Waals surface area contributed by atoms with Crippen molar-refractivity contribution in [2.75, 3.05) is 0 Å². The van der Waals surface area contributed by atoms with Crippen molar-refractivity contribution >= 4 is 5.78 Å². The van der Waals surface area contributed by atoms with Gasteiger partial charge >= 0.3 is 0 Å². The van der Waals surface area contributed by atoms with Crippen molar-refractivity contribution in [1.29, 1.82) is 0 Å². The summed E-state index contributed by atoms with van der Waals surface area (Å²) in [4.78, 5) is 13.1. The van der Waals surface area contributed by atoms with Crippen LogP contribution in [0, 0.1) is 34.5 Å². The number of rotatable bonds is 0. The van der Waals surface area contributed by atoms with Gasteiger partial charge in [-0.1, -0.05) is 32.3 Å². The lowest BCUT2D eigenvalue weighted by molar-refractivity contribution is -0.137. The molecule has 4 rings (SSSR count). The zero-order valence-electron chi connectivity index (χ0n) is 15.6. The molecule has 1 nitrogen and oxygen atoms in total. The third-order valence-electron chi connectivity index (χ3n) is 8.79. The summed E-state index contributed by atoms with van der Waals surface area (Å²) in [6.07, 6.45) is 12.2. The Kier molecular flexibility index (Phi) is 3.60. The van der Waals surface area contributed by atoms with Crippen molar-refractivity contribution in [3.05, 3.63) is 11.1 Å². The molecule has 128 valence electrons. The third kappa shape index (κ3) is 2.07. The minimum Gasteiger partial charge on any atom is -0.294 e. The van der Waals surface area contributed by atoms with E-state index in [-0.39, 0.29) is 5.41 Å². The van der Waals surface area contributed by atoms with Gasteiger partial charge in [0.25, 0.3) is 0 Å². The molecule has 6 unspecified atom stereocenters. The summed E-state index contributed by atoms with van der Waals surface area (Å²) in [5, 5.41) is 0. The first-order chi connectivity index (χ1) is 10.9. The molecule has 0 aromatic heterocycles. The number of hydrogen-bond acceptors (Lipinski definition) is 1. The van der Waals surface area contributed by atoms with E-state index in [1.165, 1.54) is 56.1 Å². The minimum atomic E-state index is -0.0361. The molecule has 0 radical (unpaired) electrons. The summed E-state index contributed by atoms with van der Waals surface area (Å²) < 4.78 is 0. The molecule has 0 amide bonds. The third-order valence-corrected chi connectivity index (χ3v) is 8.79. The van der Waals surface area contributed by atoms with Crippen LogP contribution in [0.25, 0.3) is 0 Å². The largest absolute Gasteiger partial charge is 0.294 e. The lowest BCUT2D eigenvalue weighted by atomic mass is 9.45. The van der Waals surface area contributed by atoms with Crippen LogP contribution >= 0.6 is 0 Å². The van der Waals surface area contributed by atoms with Gasteiger partial charge in [-0.05, 0) is 93.5 Å². The van der Waals surface area contributed by atoms with Crippen LogP contribution in [0.3, 0.4) is 0 Å². The van der Waals surface area contributed by atoms with E-state index in [0.717, 1.165) is 30.6 Å². The van der Waals surface area contributed by atoms with Gasteiger partial charge in [-0.3, -0.25) is 4.79 Å². The van der Waals surface area contributed by atoms with Gasteiger partial charge in [-0.15, -0.1) is 0 Å². The summed E-state index contributed by atoms with van der Waals surface area (Å²) in [6.45, 7) is 9.21. The molecular weight excluding hydrogens is 280 g/mol. The zero-order chi connectivity index (χ0) is 16.4. The number of fused-ring (bicyclic) bond motifs is 5. The highest BCUT2D eigenvalue weighted by atomic mass is 16.1. The summed E-state index contributed by atoms with van der Waals surface area (Å²) >= 11 is 0. The normalized spacial score (nSPS) is 49.4. The first-order valence-corrected chi connectivity index (χ1v) is 10.1. The lowest BCUT2D eigenvalue weighted by Crippen LogP contribution is -2.52. The maximum atomic E-state index is 13.1. The van der Waals surface area contributed by atoms with Crippen LogP contribution in [-0.2, 0) is 4.79 Å². The molecule has 0 N–H and O–H groups in total. The molecule has 0 aromatic carbocycles. The number of ketones is 1. The Balaban J connectivity index is 1.69. The van der Waals surface area contributed by atoms with Crippen molar-refractivity contribution in [3.8, 4) is 0 Å². The number of hydrogen-bond donors (Lipinski definition) is 0. The van der Waals surface area contributed by atoms with Crippen molar-refractivity contribution in [3.63, 3.8) is 0 Å². The molecule has 6 atom stereocenters. The van der Waals surface area contributed by atoms with E-state index in [4.69, 9.17) is 0 Å². The number of carbonyl (C=O) groups excluding carboxylic acids is 1. The molecule has 0 aliphatic heterocycles. The molecular formula is C22H34O. The van der Waals surface area contributed by atoms with Crippen LogP contribution in [0.15, 0.2) is 11.1 Å². The van der Waals surface area contributed by atoms with Crippen LogP contribution in [-0.4, -0.2) is 5.78 Å². The Labute approximate surface area is 142 Å². The Morgan fingerprint density at radius 2 is 1.74 bits per heavy atom. The summed E-state index contributed by atoms with van der Waals surface area (Å²) in [6, 6.07) is 0. The van der Waals surface area contributed by atoms with E-state index in [9.17, 15) is 4.79 Å². The predicted octanol–water partition coefficient (Wildman–Crippen LogP) is 5.93. The van der Waals surface area contributed by atoms with Gasteiger partial charge in [0, 0.05) is 5.41 Å². The van der Waals surface area contributed by atoms with Gasteiger partial charge < -0.3 is 0 Å². The van der Waals surface area contributed by atoms with Crippen LogP contribution in [0.5, 0.6) is 0 Å². The maximum absolute atomic E-state index is 13.1.